The van der Waals surface area contributed by atoms with Crippen LogP contribution < -0.4 is 4.74 Å². The van der Waals surface area contributed by atoms with E-state index >= 15 is 0 Å². The average molecular weight is 442 g/mol. The van der Waals surface area contributed by atoms with Crippen molar-refractivity contribution in [3.63, 3.8) is 0 Å². The molecule has 0 N–H and O–H groups in total. The van der Waals surface area contributed by atoms with E-state index in [4.69, 9.17) is 0 Å². The third-order valence-electron chi connectivity index (χ3n) is 5.45. The zero-order valence-corrected chi connectivity index (χ0v) is 17.2. The molecule has 0 bridgehead atoms. The molecule has 0 heterocycles. The SMILES string of the molecule is CCCCCCCC1=CCc2cc(-c3cc(F)c(OC(F)(F)F)c(F)c3)c(F)cc2C1. The summed E-state index contributed by atoms with van der Waals surface area (Å²) in [7, 11) is 0. The standard InChI is InChI=1S/C24H24F6O/c1-2-3-4-5-6-7-15-8-9-16-11-19(20(25)12-17(16)10-15)18-13-21(26)23(22(27)14-18)31-24(28,29)30/h8,11-14H,2-7,9-10H2,1H3. The van der Waals surface area contributed by atoms with Gasteiger partial charge in [-0.3, -0.25) is 0 Å². The van der Waals surface area contributed by atoms with Gasteiger partial charge in [-0.25, -0.2) is 13.2 Å². The maximum Gasteiger partial charge on any atom is 0.573 e. The predicted molar refractivity (Wildman–Crippen MR) is 107 cm³/mol. The monoisotopic (exact) mass is 442 g/mol. The lowest BCUT2D eigenvalue weighted by Crippen LogP contribution is -2.19. The third kappa shape index (κ3) is 6.05. The second-order valence-corrected chi connectivity index (χ2v) is 7.83. The molecule has 168 valence electrons. The van der Waals surface area contributed by atoms with Gasteiger partial charge in [-0.2, -0.15) is 0 Å². The van der Waals surface area contributed by atoms with Gasteiger partial charge in [-0.15, -0.1) is 13.2 Å². The van der Waals surface area contributed by atoms with E-state index in [9.17, 15) is 26.3 Å². The minimum atomic E-state index is -5.24. The number of hydrogen-bond acceptors (Lipinski definition) is 1. The highest BCUT2D eigenvalue weighted by Gasteiger charge is 2.34. The molecule has 0 unspecified atom stereocenters. The summed E-state index contributed by atoms with van der Waals surface area (Å²) in [4.78, 5) is 0. The zero-order chi connectivity index (χ0) is 22.6. The number of allylic oxidation sites excluding steroid dienone is 2. The molecule has 0 aliphatic heterocycles. The largest absolute Gasteiger partial charge is 0.573 e. The van der Waals surface area contributed by atoms with Gasteiger partial charge in [0, 0.05) is 5.56 Å². The van der Waals surface area contributed by atoms with E-state index in [1.807, 2.05) is 0 Å². The summed E-state index contributed by atoms with van der Waals surface area (Å²) >= 11 is 0. The van der Waals surface area contributed by atoms with Crippen LogP contribution in [0.4, 0.5) is 26.3 Å². The summed E-state index contributed by atoms with van der Waals surface area (Å²) in [6.45, 7) is 2.16. The van der Waals surface area contributed by atoms with Gasteiger partial charge in [0.2, 0.25) is 5.75 Å². The van der Waals surface area contributed by atoms with Gasteiger partial charge in [0.1, 0.15) is 5.82 Å². The van der Waals surface area contributed by atoms with E-state index in [-0.39, 0.29) is 11.1 Å². The van der Waals surface area contributed by atoms with Crippen molar-refractivity contribution in [1.82, 2.24) is 0 Å². The van der Waals surface area contributed by atoms with Crippen molar-refractivity contribution in [2.45, 2.75) is 64.7 Å². The Morgan fingerprint density at radius 3 is 2.16 bits per heavy atom. The van der Waals surface area contributed by atoms with Crippen molar-refractivity contribution in [2.24, 2.45) is 0 Å². The van der Waals surface area contributed by atoms with Crippen molar-refractivity contribution < 1.29 is 31.1 Å². The Hall–Kier alpha value is -2.44. The van der Waals surface area contributed by atoms with Crippen molar-refractivity contribution in [2.75, 3.05) is 0 Å². The normalized spacial score (nSPS) is 13.7. The molecule has 0 atom stereocenters. The maximum absolute atomic E-state index is 14.7. The molecule has 0 radical (unpaired) electrons. The number of alkyl halides is 3. The molecule has 2 aromatic rings. The zero-order valence-electron chi connectivity index (χ0n) is 17.2. The Morgan fingerprint density at radius 1 is 0.839 bits per heavy atom. The van der Waals surface area contributed by atoms with Crippen LogP contribution in [-0.4, -0.2) is 6.36 Å². The van der Waals surface area contributed by atoms with E-state index in [0.717, 1.165) is 30.4 Å². The first kappa shape index (κ1) is 23.2. The van der Waals surface area contributed by atoms with Crippen molar-refractivity contribution in [3.05, 3.63) is 64.5 Å². The van der Waals surface area contributed by atoms with E-state index < -0.39 is 29.6 Å². The quantitative estimate of drug-likeness (QED) is 0.228. The highest BCUT2D eigenvalue weighted by atomic mass is 19.4. The molecule has 2 aromatic carbocycles. The summed E-state index contributed by atoms with van der Waals surface area (Å²) in [6, 6.07) is 4.16. The fourth-order valence-corrected chi connectivity index (χ4v) is 3.88. The lowest BCUT2D eigenvalue weighted by Gasteiger charge is -2.19. The smallest absolute Gasteiger partial charge is 0.399 e. The van der Waals surface area contributed by atoms with E-state index in [2.05, 4.69) is 17.7 Å². The van der Waals surface area contributed by atoms with Gasteiger partial charge in [0.05, 0.1) is 0 Å². The first-order valence-corrected chi connectivity index (χ1v) is 10.4. The van der Waals surface area contributed by atoms with Crippen LogP contribution in [0.15, 0.2) is 35.9 Å². The maximum atomic E-state index is 14.7. The minimum absolute atomic E-state index is 0.0634. The Labute approximate surface area is 177 Å². The Bertz CT molecular complexity index is 938. The molecule has 0 amide bonds. The average Bonchev–Trinajstić information content (AvgIpc) is 2.69. The van der Waals surface area contributed by atoms with Crippen LogP contribution in [0.2, 0.25) is 0 Å². The number of ether oxygens (including phenoxy) is 1. The number of benzene rings is 2. The summed E-state index contributed by atoms with van der Waals surface area (Å²) < 4.78 is 83.2. The first-order valence-electron chi connectivity index (χ1n) is 10.4. The number of rotatable bonds is 8. The molecular formula is C24H24F6O. The van der Waals surface area contributed by atoms with Crippen LogP contribution in [0.1, 0.15) is 56.6 Å². The van der Waals surface area contributed by atoms with Crippen LogP contribution in [0.5, 0.6) is 5.75 Å². The summed E-state index contributed by atoms with van der Waals surface area (Å²) in [6.07, 6.45) is 4.90. The van der Waals surface area contributed by atoms with Gasteiger partial charge in [0.15, 0.2) is 11.6 Å². The molecule has 1 aliphatic carbocycles. The lowest BCUT2D eigenvalue weighted by atomic mass is 9.87. The predicted octanol–water partition coefficient (Wildman–Crippen LogP) is 8.06. The molecule has 7 heteroatoms. The lowest BCUT2D eigenvalue weighted by molar-refractivity contribution is -0.276. The fourth-order valence-electron chi connectivity index (χ4n) is 3.88. The molecule has 0 saturated heterocycles. The molecular weight excluding hydrogens is 418 g/mol. The van der Waals surface area contributed by atoms with Crippen molar-refractivity contribution >= 4 is 0 Å². The second kappa shape index (κ2) is 9.79. The summed E-state index contributed by atoms with van der Waals surface area (Å²) in [5.74, 6) is -5.32. The molecule has 0 saturated carbocycles. The minimum Gasteiger partial charge on any atom is -0.399 e. The molecule has 3 rings (SSSR count). The fraction of sp³-hybridized carbons (Fsp3) is 0.417. The van der Waals surface area contributed by atoms with Crippen molar-refractivity contribution in [1.29, 1.82) is 0 Å². The van der Waals surface area contributed by atoms with Gasteiger partial charge >= 0.3 is 6.36 Å². The Kier molecular flexibility index (Phi) is 7.34. The van der Waals surface area contributed by atoms with Gasteiger partial charge in [-0.05, 0) is 66.6 Å². The molecule has 0 aromatic heterocycles. The Morgan fingerprint density at radius 2 is 1.52 bits per heavy atom. The van der Waals surface area contributed by atoms with Crippen LogP contribution in [0.25, 0.3) is 11.1 Å². The van der Waals surface area contributed by atoms with Crippen LogP contribution in [0.3, 0.4) is 0 Å². The first-order chi connectivity index (χ1) is 14.7. The number of hydrogen-bond donors (Lipinski definition) is 0. The van der Waals surface area contributed by atoms with Crippen LogP contribution in [-0.2, 0) is 12.8 Å². The molecule has 1 aliphatic rings. The van der Waals surface area contributed by atoms with E-state index in [0.29, 0.717) is 25.0 Å². The summed E-state index contributed by atoms with van der Waals surface area (Å²) in [5, 5.41) is 0. The van der Waals surface area contributed by atoms with E-state index in [1.54, 1.807) is 0 Å². The van der Waals surface area contributed by atoms with Gasteiger partial charge < -0.3 is 4.74 Å². The van der Waals surface area contributed by atoms with Gasteiger partial charge in [0.25, 0.3) is 0 Å². The third-order valence-corrected chi connectivity index (χ3v) is 5.45. The molecule has 0 fully saturated rings. The molecule has 0 spiro atoms. The molecule has 31 heavy (non-hydrogen) atoms. The van der Waals surface area contributed by atoms with E-state index in [1.165, 1.54) is 37.0 Å². The number of halogens is 6. The van der Waals surface area contributed by atoms with Crippen LogP contribution in [0, 0.1) is 17.5 Å². The topological polar surface area (TPSA) is 9.23 Å². The highest BCUT2D eigenvalue weighted by Crippen LogP contribution is 2.36. The molecule has 1 nitrogen and oxygen atoms in total. The highest BCUT2D eigenvalue weighted by molar-refractivity contribution is 5.67. The van der Waals surface area contributed by atoms with Gasteiger partial charge in [-0.1, -0.05) is 44.3 Å². The number of unbranched alkanes of at least 4 members (excludes halogenated alkanes) is 4. The second-order valence-electron chi connectivity index (χ2n) is 7.83. The van der Waals surface area contributed by atoms with Crippen LogP contribution >= 0.6 is 0 Å². The van der Waals surface area contributed by atoms with Crippen molar-refractivity contribution in [3.8, 4) is 16.9 Å². The Balaban J connectivity index is 1.77. The summed E-state index contributed by atoms with van der Waals surface area (Å²) in [5.41, 5.74) is 2.66. The number of fused-ring (bicyclic) bond motifs is 1.